The van der Waals surface area contributed by atoms with Crippen molar-refractivity contribution < 1.29 is 9.15 Å². The summed E-state index contributed by atoms with van der Waals surface area (Å²) in [6.07, 6.45) is 1.78. The molecule has 0 radical (unpaired) electrons. The Kier molecular flexibility index (Phi) is 5.44. The molecule has 29 heavy (non-hydrogen) atoms. The van der Waals surface area contributed by atoms with E-state index in [1.54, 1.807) is 18.0 Å². The molecule has 0 saturated carbocycles. The van der Waals surface area contributed by atoms with Gasteiger partial charge in [-0.2, -0.15) is 5.10 Å². The van der Waals surface area contributed by atoms with Crippen LogP contribution in [0.2, 0.25) is 0 Å². The van der Waals surface area contributed by atoms with Crippen molar-refractivity contribution in [1.29, 1.82) is 0 Å². The summed E-state index contributed by atoms with van der Waals surface area (Å²) in [5, 5.41) is 7.77. The van der Waals surface area contributed by atoms with Gasteiger partial charge in [-0.3, -0.25) is 4.99 Å². The first-order valence-corrected chi connectivity index (χ1v) is 10.1. The number of para-hydroxylation sites is 2. The molecule has 0 aliphatic heterocycles. The number of rotatable bonds is 6. The average Bonchev–Trinajstić information content (AvgIpc) is 3.34. The predicted molar refractivity (Wildman–Crippen MR) is 119 cm³/mol. The Hall–Kier alpha value is -3.38. The molecule has 0 unspecified atom stereocenters. The van der Waals surface area contributed by atoms with E-state index in [0.717, 1.165) is 44.1 Å². The van der Waals surface area contributed by atoms with Gasteiger partial charge < -0.3 is 9.15 Å². The van der Waals surface area contributed by atoms with Crippen LogP contribution in [-0.2, 0) is 0 Å². The van der Waals surface area contributed by atoms with Gasteiger partial charge in [-0.05, 0) is 31.2 Å². The molecule has 0 N–H and O–H groups in total. The summed E-state index contributed by atoms with van der Waals surface area (Å²) in [5.74, 6) is 1.51. The van der Waals surface area contributed by atoms with Crippen LogP contribution in [0.15, 0.2) is 86.6 Å². The van der Waals surface area contributed by atoms with E-state index in [1.165, 1.54) is 11.3 Å². The molecule has 146 valence electrons. The molecule has 2 aromatic carbocycles. The fourth-order valence-corrected chi connectivity index (χ4v) is 3.71. The van der Waals surface area contributed by atoms with Crippen molar-refractivity contribution in [2.24, 2.45) is 10.1 Å². The molecular weight excluding hydrogens is 382 g/mol. The number of fused-ring (bicyclic) bond motifs is 1. The topological polar surface area (TPSA) is 52.0 Å². The summed E-state index contributed by atoms with van der Waals surface area (Å²) in [5.41, 5.74) is 3.56. The van der Waals surface area contributed by atoms with E-state index in [0.29, 0.717) is 6.54 Å². The predicted octanol–water partition coefficient (Wildman–Crippen LogP) is 5.33. The zero-order chi connectivity index (χ0) is 20.2. The maximum atomic E-state index is 6.06. The van der Waals surface area contributed by atoms with Gasteiger partial charge in [0, 0.05) is 16.3 Å². The zero-order valence-corrected chi connectivity index (χ0v) is 17.1. The molecule has 0 saturated heterocycles. The highest BCUT2D eigenvalue weighted by Gasteiger charge is 2.13. The maximum Gasteiger partial charge on any atom is 0.206 e. The molecule has 2 aromatic heterocycles. The Bertz CT molecular complexity index is 1230. The van der Waals surface area contributed by atoms with Gasteiger partial charge in [-0.1, -0.05) is 42.5 Å². The Morgan fingerprint density at radius 3 is 2.79 bits per heavy atom. The first kappa shape index (κ1) is 19.0. The minimum Gasteiger partial charge on any atom is -0.496 e. The number of hydrogen-bond donors (Lipinski definition) is 0. The highest BCUT2D eigenvalue weighted by atomic mass is 32.1. The van der Waals surface area contributed by atoms with E-state index in [1.807, 2.05) is 66.9 Å². The summed E-state index contributed by atoms with van der Waals surface area (Å²) in [6, 6.07) is 17.7. The minimum atomic E-state index is 0.546. The summed E-state index contributed by atoms with van der Waals surface area (Å²) in [6.45, 7) is 6.44. The zero-order valence-electron chi connectivity index (χ0n) is 16.3. The SMILES string of the molecule is C=C(C)CN=c1scc(-c2cc3ccccc3o2)n1N=Cc1ccccc1OC. The molecular formula is C23H21N3O2S. The third-order valence-electron chi connectivity index (χ3n) is 4.30. The van der Waals surface area contributed by atoms with Crippen molar-refractivity contribution in [3.05, 3.63) is 82.5 Å². The fourth-order valence-electron chi connectivity index (χ4n) is 2.89. The monoisotopic (exact) mass is 403 g/mol. The number of methoxy groups -OCH3 is 1. The van der Waals surface area contributed by atoms with Crippen molar-refractivity contribution >= 4 is 28.5 Å². The van der Waals surface area contributed by atoms with E-state index in [-0.39, 0.29) is 0 Å². The largest absolute Gasteiger partial charge is 0.496 e. The maximum absolute atomic E-state index is 6.06. The van der Waals surface area contributed by atoms with E-state index in [9.17, 15) is 0 Å². The van der Waals surface area contributed by atoms with E-state index < -0.39 is 0 Å². The van der Waals surface area contributed by atoms with Crippen LogP contribution < -0.4 is 9.54 Å². The number of nitrogens with zero attached hydrogens (tertiary/aromatic N) is 3. The van der Waals surface area contributed by atoms with Gasteiger partial charge in [0.2, 0.25) is 4.80 Å². The molecule has 0 atom stereocenters. The van der Waals surface area contributed by atoms with Crippen LogP contribution in [0.25, 0.3) is 22.4 Å². The van der Waals surface area contributed by atoms with Crippen LogP contribution in [0, 0.1) is 0 Å². The molecule has 0 spiro atoms. The summed E-state index contributed by atoms with van der Waals surface area (Å²) < 4.78 is 13.3. The lowest BCUT2D eigenvalue weighted by Crippen LogP contribution is -2.13. The molecule has 6 heteroatoms. The smallest absolute Gasteiger partial charge is 0.206 e. The number of hydrogen-bond acceptors (Lipinski definition) is 5. The van der Waals surface area contributed by atoms with Crippen LogP contribution in [0.1, 0.15) is 12.5 Å². The van der Waals surface area contributed by atoms with E-state index >= 15 is 0 Å². The number of ether oxygens (including phenoxy) is 1. The minimum absolute atomic E-state index is 0.546. The van der Waals surface area contributed by atoms with Crippen LogP contribution in [0.3, 0.4) is 0 Å². The Balaban J connectivity index is 1.83. The highest BCUT2D eigenvalue weighted by molar-refractivity contribution is 7.07. The molecule has 0 aliphatic rings. The second kappa shape index (κ2) is 8.32. The van der Waals surface area contributed by atoms with Gasteiger partial charge in [-0.25, -0.2) is 4.68 Å². The Morgan fingerprint density at radius 2 is 2.00 bits per heavy atom. The van der Waals surface area contributed by atoms with Gasteiger partial charge in [0.05, 0.1) is 19.9 Å². The second-order valence-corrected chi connectivity index (χ2v) is 7.46. The first-order valence-electron chi connectivity index (χ1n) is 9.17. The molecule has 4 aromatic rings. The van der Waals surface area contributed by atoms with Crippen molar-refractivity contribution in [2.45, 2.75) is 6.92 Å². The molecule has 0 bridgehead atoms. The molecule has 5 nitrogen and oxygen atoms in total. The summed E-state index contributed by atoms with van der Waals surface area (Å²) in [7, 11) is 1.65. The molecule has 0 fully saturated rings. The molecule has 4 rings (SSSR count). The van der Waals surface area contributed by atoms with Crippen molar-refractivity contribution in [2.75, 3.05) is 13.7 Å². The number of aromatic nitrogens is 1. The lowest BCUT2D eigenvalue weighted by atomic mass is 10.2. The quantitative estimate of drug-likeness (QED) is 0.323. The van der Waals surface area contributed by atoms with Crippen LogP contribution >= 0.6 is 11.3 Å². The molecule has 0 amide bonds. The standard InChI is InChI=1S/C23H21N3O2S/c1-16(2)13-24-23-26(25-14-18-9-5-6-10-20(18)27-3)19(15-29-23)22-12-17-8-4-7-11-21(17)28-22/h4-12,14-15H,1,13H2,2-3H3. The van der Waals surface area contributed by atoms with E-state index in [4.69, 9.17) is 14.3 Å². The van der Waals surface area contributed by atoms with Gasteiger partial charge in [0.15, 0.2) is 5.76 Å². The van der Waals surface area contributed by atoms with Crippen LogP contribution in [0.4, 0.5) is 0 Å². The normalized spacial score (nSPS) is 12.1. The lowest BCUT2D eigenvalue weighted by Gasteiger charge is -2.04. The third-order valence-corrected chi connectivity index (χ3v) is 5.15. The van der Waals surface area contributed by atoms with E-state index in [2.05, 4.69) is 11.6 Å². The third kappa shape index (κ3) is 4.07. The summed E-state index contributed by atoms with van der Waals surface area (Å²) >= 11 is 1.52. The van der Waals surface area contributed by atoms with Gasteiger partial charge >= 0.3 is 0 Å². The Labute approximate surface area is 172 Å². The number of furan rings is 1. The highest BCUT2D eigenvalue weighted by Crippen LogP contribution is 2.28. The van der Waals surface area contributed by atoms with Gasteiger partial charge in [0.25, 0.3) is 0 Å². The van der Waals surface area contributed by atoms with Crippen LogP contribution in [0.5, 0.6) is 5.75 Å². The fraction of sp³-hybridized carbons (Fsp3) is 0.130. The second-order valence-electron chi connectivity index (χ2n) is 6.62. The van der Waals surface area contributed by atoms with Crippen molar-refractivity contribution in [3.63, 3.8) is 0 Å². The van der Waals surface area contributed by atoms with Gasteiger partial charge in [0.1, 0.15) is 17.0 Å². The van der Waals surface area contributed by atoms with Crippen LogP contribution in [-0.4, -0.2) is 24.5 Å². The van der Waals surface area contributed by atoms with Gasteiger partial charge in [-0.15, -0.1) is 11.3 Å². The number of thiazole rings is 1. The van der Waals surface area contributed by atoms with Crippen molar-refractivity contribution in [3.8, 4) is 17.2 Å². The Morgan fingerprint density at radius 1 is 1.21 bits per heavy atom. The summed E-state index contributed by atoms with van der Waals surface area (Å²) in [4.78, 5) is 5.43. The molecule has 2 heterocycles. The average molecular weight is 404 g/mol. The van der Waals surface area contributed by atoms with Crippen molar-refractivity contribution in [1.82, 2.24) is 4.68 Å². The first-order chi connectivity index (χ1) is 14.2. The lowest BCUT2D eigenvalue weighted by molar-refractivity contribution is 0.414. The number of benzene rings is 2. The molecule has 0 aliphatic carbocycles.